The summed E-state index contributed by atoms with van der Waals surface area (Å²) < 4.78 is 1.72. The fourth-order valence-corrected chi connectivity index (χ4v) is 2.66. The van der Waals surface area contributed by atoms with Gasteiger partial charge in [0.25, 0.3) is 0 Å². The van der Waals surface area contributed by atoms with Crippen LogP contribution in [0.5, 0.6) is 0 Å². The van der Waals surface area contributed by atoms with Crippen molar-refractivity contribution in [2.24, 2.45) is 0 Å². The highest BCUT2D eigenvalue weighted by atomic mass is 16.2. The fourth-order valence-electron chi connectivity index (χ4n) is 2.66. The van der Waals surface area contributed by atoms with Gasteiger partial charge in [-0.05, 0) is 51.2 Å². The molecule has 1 fully saturated rings. The third-order valence-corrected chi connectivity index (χ3v) is 3.60. The minimum Gasteiger partial charge on any atom is -0.352 e. The van der Waals surface area contributed by atoms with Crippen LogP contribution < -0.4 is 5.32 Å². The van der Waals surface area contributed by atoms with Crippen molar-refractivity contribution in [1.29, 1.82) is 0 Å². The minimum absolute atomic E-state index is 0.0250. The van der Waals surface area contributed by atoms with Crippen molar-refractivity contribution in [1.82, 2.24) is 20.1 Å². The van der Waals surface area contributed by atoms with Gasteiger partial charge in [0, 0.05) is 17.6 Å². The van der Waals surface area contributed by atoms with Crippen LogP contribution in [0.3, 0.4) is 0 Å². The van der Waals surface area contributed by atoms with E-state index in [9.17, 15) is 4.79 Å². The summed E-state index contributed by atoms with van der Waals surface area (Å²) in [6, 6.07) is 2.23. The number of amides is 1. The molecular formula is C15H20N4O. The van der Waals surface area contributed by atoms with E-state index in [1.165, 1.54) is 18.4 Å². The number of aromatic nitrogens is 3. The number of nitrogens with one attached hydrogen (secondary N) is 1. The van der Waals surface area contributed by atoms with E-state index < -0.39 is 0 Å². The number of pyridine rings is 1. The molecule has 0 saturated heterocycles. The Balaban J connectivity index is 1.96. The first-order valence-corrected chi connectivity index (χ1v) is 7.17. The Kier molecular flexibility index (Phi) is 3.20. The lowest BCUT2D eigenvalue weighted by Crippen LogP contribution is -2.33. The van der Waals surface area contributed by atoms with Crippen molar-refractivity contribution in [2.75, 3.05) is 0 Å². The molecule has 5 heteroatoms. The lowest BCUT2D eigenvalue weighted by Gasteiger charge is -2.08. The van der Waals surface area contributed by atoms with Crippen molar-refractivity contribution in [3.05, 3.63) is 23.5 Å². The largest absolute Gasteiger partial charge is 0.352 e. The predicted molar refractivity (Wildman–Crippen MR) is 77.5 cm³/mol. The maximum atomic E-state index is 11.9. The molecule has 0 aliphatic heterocycles. The van der Waals surface area contributed by atoms with Crippen LogP contribution in [0.4, 0.5) is 0 Å². The van der Waals surface area contributed by atoms with Gasteiger partial charge in [-0.2, -0.15) is 5.10 Å². The summed E-state index contributed by atoms with van der Waals surface area (Å²) in [6.07, 6.45) is 4.32. The van der Waals surface area contributed by atoms with Gasteiger partial charge in [-0.25, -0.2) is 9.67 Å². The number of carbonyl (C=O) groups excluding carboxylic acids is 1. The number of aryl methyl sites for hydroxylation is 1. The van der Waals surface area contributed by atoms with Crippen molar-refractivity contribution >= 4 is 16.9 Å². The fraction of sp³-hybridized carbons (Fsp3) is 0.533. The van der Waals surface area contributed by atoms with Gasteiger partial charge < -0.3 is 5.32 Å². The van der Waals surface area contributed by atoms with Gasteiger partial charge in [-0.1, -0.05) is 0 Å². The Bertz CT molecular complexity index is 655. The van der Waals surface area contributed by atoms with Crippen molar-refractivity contribution in [3.63, 3.8) is 0 Å². The molecule has 2 heterocycles. The third kappa shape index (κ3) is 2.40. The van der Waals surface area contributed by atoms with Gasteiger partial charge >= 0.3 is 0 Å². The molecule has 1 saturated carbocycles. The van der Waals surface area contributed by atoms with Gasteiger partial charge in [-0.15, -0.1) is 0 Å². The van der Waals surface area contributed by atoms with Gasteiger partial charge in [0.05, 0.1) is 5.69 Å². The molecule has 1 aliphatic rings. The second-order valence-electron chi connectivity index (χ2n) is 5.84. The second kappa shape index (κ2) is 4.89. The first-order chi connectivity index (χ1) is 9.56. The Morgan fingerprint density at radius 2 is 2.25 bits per heavy atom. The molecule has 0 atom stereocenters. The van der Waals surface area contributed by atoms with Crippen LogP contribution >= 0.6 is 0 Å². The molecule has 0 spiro atoms. The zero-order valence-electron chi connectivity index (χ0n) is 12.2. The van der Waals surface area contributed by atoms with E-state index in [0.29, 0.717) is 5.92 Å². The predicted octanol–water partition coefficient (Wildman–Crippen LogP) is 2.14. The number of fused-ring (bicyclic) bond motifs is 1. The monoisotopic (exact) mass is 272 g/mol. The molecular weight excluding hydrogens is 252 g/mol. The molecule has 20 heavy (non-hydrogen) atoms. The van der Waals surface area contributed by atoms with Crippen molar-refractivity contribution in [2.45, 2.75) is 52.1 Å². The summed E-state index contributed by atoms with van der Waals surface area (Å²) in [5.74, 6) is 0.629. The van der Waals surface area contributed by atoms with Crippen molar-refractivity contribution < 1.29 is 4.79 Å². The summed E-state index contributed by atoms with van der Waals surface area (Å²) in [6.45, 7) is 6.12. The van der Waals surface area contributed by atoms with Crippen LogP contribution in [0.25, 0.3) is 11.0 Å². The van der Waals surface area contributed by atoms with Gasteiger partial charge in [-0.3, -0.25) is 4.79 Å². The summed E-state index contributed by atoms with van der Waals surface area (Å²) >= 11 is 0. The third-order valence-electron chi connectivity index (χ3n) is 3.60. The van der Waals surface area contributed by atoms with Crippen LogP contribution in [-0.2, 0) is 11.3 Å². The van der Waals surface area contributed by atoms with Gasteiger partial charge in [0.1, 0.15) is 6.54 Å². The zero-order valence-corrected chi connectivity index (χ0v) is 12.2. The molecule has 5 nitrogen and oxygen atoms in total. The molecule has 0 radical (unpaired) electrons. The number of carbonyl (C=O) groups is 1. The molecule has 1 amide bonds. The molecule has 1 N–H and O–H groups in total. The average molecular weight is 272 g/mol. The maximum absolute atomic E-state index is 11.9. The quantitative estimate of drug-likeness (QED) is 0.927. The summed E-state index contributed by atoms with van der Waals surface area (Å²) in [5, 5.41) is 8.52. The SMILES string of the molecule is Cc1nn(CC(=O)NC(C)C)c2nccc(C3CC3)c12. The standard InChI is InChI=1S/C15H20N4O/c1-9(2)17-13(20)8-19-15-14(10(3)18-19)12(6-7-16-15)11-4-5-11/h6-7,9,11H,4-5,8H2,1-3H3,(H,17,20). The molecule has 2 aromatic rings. The molecule has 3 rings (SSSR count). The highest BCUT2D eigenvalue weighted by molar-refractivity contribution is 5.85. The highest BCUT2D eigenvalue weighted by Gasteiger charge is 2.27. The first kappa shape index (κ1) is 13.1. The average Bonchev–Trinajstić information content (AvgIpc) is 3.16. The van der Waals surface area contributed by atoms with E-state index >= 15 is 0 Å². The van der Waals surface area contributed by atoms with Crippen LogP contribution in [-0.4, -0.2) is 26.7 Å². The second-order valence-corrected chi connectivity index (χ2v) is 5.84. The molecule has 0 unspecified atom stereocenters. The number of rotatable bonds is 4. The van der Waals surface area contributed by atoms with Gasteiger partial charge in [0.2, 0.25) is 5.91 Å². The maximum Gasteiger partial charge on any atom is 0.242 e. The van der Waals surface area contributed by atoms with E-state index in [0.717, 1.165) is 16.7 Å². The van der Waals surface area contributed by atoms with Crippen LogP contribution in [0.15, 0.2) is 12.3 Å². The lowest BCUT2D eigenvalue weighted by molar-refractivity contribution is -0.122. The van der Waals surface area contributed by atoms with E-state index in [4.69, 9.17) is 0 Å². The number of hydrogen-bond acceptors (Lipinski definition) is 3. The highest BCUT2D eigenvalue weighted by Crippen LogP contribution is 2.43. The molecule has 2 aromatic heterocycles. The summed E-state index contributed by atoms with van der Waals surface area (Å²) in [5.41, 5.74) is 3.13. The molecule has 1 aliphatic carbocycles. The van der Waals surface area contributed by atoms with E-state index in [-0.39, 0.29) is 18.5 Å². The van der Waals surface area contributed by atoms with Crippen LogP contribution in [0.1, 0.15) is 43.9 Å². The first-order valence-electron chi connectivity index (χ1n) is 7.17. The Morgan fingerprint density at radius 3 is 2.90 bits per heavy atom. The Morgan fingerprint density at radius 1 is 1.50 bits per heavy atom. The number of hydrogen-bond donors (Lipinski definition) is 1. The van der Waals surface area contributed by atoms with Gasteiger partial charge in [0.15, 0.2) is 5.65 Å². The van der Waals surface area contributed by atoms with Crippen LogP contribution in [0, 0.1) is 6.92 Å². The Labute approximate surface area is 118 Å². The van der Waals surface area contributed by atoms with Crippen LogP contribution in [0.2, 0.25) is 0 Å². The normalized spacial score (nSPS) is 15.0. The molecule has 106 valence electrons. The number of nitrogens with zero attached hydrogens (tertiary/aromatic N) is 3. The molecule has 0 aromatic carbocycles. The topological polar surface area (TPSA) is 59.8 Å². The molecule has 0 bridgehead atoms. The summed E-state index contributed by atoms with van der Waals surface area (Å²) in [4.78, 5) is 16.3. The van der Waals surface area contributed by atoms with E-state index in [2.05, 4.69) is 21.5 Å². The van der Waals surface area contributed by atoms with E-state index in [1.54, 1.807) is 4.68 Å². The lowest BCUT2D eigenvalue weighted by atomic mass is 10.1. The van der Waals surface area contributed by atoms with E-state index in [1.807, 2.05) is 27.0 Å². The summed E-state index contributed by atoms with van der Waals surface area (Å²) in [7, 11) is 0. The van der Waals surface area contributed by atoms with Crippen molar-refractivity contribution in [3.8, 4) is 0 Å². The minimum atomic E-state index is -0.0250. The Hall–Kier alpha value is -1.91. The smallest absolute Gasteiger partial charge is 0.242 e. The zero-order chi connectivity index (χ0) is 14.3.